The number of hydrogen-bond acceptors (Lipinski definition) is 2. The molecule has 0 fully saturated rings. The molecular formula is C20H17ClO3S. The average molecular weight is 373 g/mol. The van der Waals surface area contributed by atoms with Crippen LogP contribution in [0.3, 0.4) is 0 Å². The number of benzene rings is 3. The zero-order chi connectivity index (χ0) is 18.3. The van der Waals surface area contributed by atoms with Crippen LogP contribution >= 0.6 is 11.6 Å². The van der Waals surface area contributed by atoms with Crippen molar-refractivity contribution in [3.8, 4) is 11.1 Å². The Balaban J connectivity index is 0.000000181. The van der Waals surface area contributed by atoms with Gasteiger partial charge in [-0.3, -0.25) is 4.55 Å². The molecule has 1 N–H and O–H groups in total. The molecule has 0 amide bonds. The molecule has 5 heteroatoms. The molecule has 0 aliphatic heterocycles. The molecule has 0 atom stereocenters. The lowest BCUT2D eigenvalue weighted by atomic mass is 10.1. The second-order valence-electron chi connectivity index (χ2n) is 5.10. The van der Waals surface area contributed by atoms with E-state index < -0.39 is 10.1 Å². The molecule has 3 rings (SSSR count). The summed E-state index contributed by atoms with van der Waals surface area (Å²) < 4.78 is 30.3. The highest BCUT2D eigenvalue weighted by Gasteiger charge is 2.13. The van der Waals surface area contributed by atoms with E-state index in [0.717, 1.165) is 0 Å². The molecule has 3 aromatic rings. The normalized spacial score (nSPS) is 10.5. The van der Waals surface area contributed by atoms with E-state index in [1.165, 1.54) is 29.3 Å². The van der Waals surface area contributed by atoms with Crippen LogP contribution in [-0.2, 0) is 10.1 Å². The predicted octanol–water partition coefficient (Wildman–Crippen LogP) is 5.58. The SMILES string of the molecule is C=Cc1ccc(Cl)c(S(=O)(=O)O)c1.c1ccc(-c2ccccc2)cc1. The van der Waals surface area contributed by atoms with Gasteiger partial charge in [0.25, 0.3) is 10.1 Å². The lowest BCUT2D eigenvalue weighted by Gasteiger charge is -2.01. The molecule has 0 aliphatic carbocycles. The summed E-state index contributed by atoms with van der Waals surface area (Å²) in [6.07, 6.45) is 1.46. The molecule has 3 nitrogen and oxygen atoms in total. The van der Waals surface area contributed by atoms with Gasteiger partial charge >= 0.3 is 0 Å². The van der Waals surface area contributed by atoms with Crippen molar-refractivity contribution in [3.63, 3.8) is 0 Å². The van der Waals surface area contributed by atoms with Crippen LogP contribution in [0, 0.1) is 0 Å². The van der Waals surface area contributed by atoms with E-state index in [4.69, 9.17) is 16.2 Å². The molecule has 128 valence electrons. The van der Waals surface area contributed by atoms with E-state index >= 15 is 0 Å². The second kappa shape index (κ2) is 8.62. The van der Waals surface area contributed by atoms with Crippen molar-refractivity contribution >= 4 is 27.8 Å². The molecule has 0 radical (unpaired) electrons. The monoisotopic (exact) mass is 372 g/mol. The van der Waals surface area contributed by atoms with Gasteiger partial charge in [-0.05, 0) is 28.8 Å². The van der Waals surface area contributed by atoms with Gasteiger partial charge in [-0.15, -0.1) is 0 Å². The molecule has 25 heavy (non-hydrogen) atoms. The van der Waals surface area contributed by atoms with Gasteiger partial charge in [-0.2, -0.15) is 8.42 Å². The lowest BCUT2D eigenvalue weighted by Crippen LogP contribution is -1.99. The summed E-state index contributed by atoms with van der Waals surface area (Å²) in [7, 11) is -4.25. The Kier molecular flexibility index (Phi) is 6.53. The largest absolute Gasteiger partial charge is 0.296 e. The van der Waals surface area contributed by atoms with Crippen molar-refractivity contribution in [1.82, 2.24) is 0 Å². The highest BCUT2D eigenvalue weighted by Crippen LogP contribution is 2.22. The first kappa shape index (κ1) is 18.9. The molecule has 3 aromatic carbocycles. The highest BCUT2D eigenvalue weighted by atomic mass is 35.5. The Morgan fingerprint density at radius 3 is 1.72 bits per heavy atom. The maximum absolute atomic E-state index is 10.8. The molecule has 0 heterocycles. The Labute approximate surface area is 153 Å². The summed E-state index contributed by atoms with van der Waals surface area (Å²) >= 11 is 5.56. The first-order valence-corrected chi connectivity index (χ1v) is 9.23. The molecule has 0 saturated carbocycles. The van der Waals surface area contributed by atoms with Crippen molar-refractivity contribution in [2.24, 2.45) is 0 Å². The minimum atomic E-state index is -4.25. The van der Waals surface area contributed by atoms with Gasteiger partial charge in [0.15, 0.2) is 0 Å². The van der Waals surface area contributed by atoms with Crippen LogP contribution in [0.2, 0.25) is 5.02 Å². The quantitative estimate of drug-likeness (QED) is 0.610. The maximum atomic E-state index is 10.8. The molecule has 0 bridgehead atoms. The van der Waals surface area contributed by atoms with Crippen molar-refractivity contribution < 1.29 is 13.0 Å². The van der Waals surface area contributed by atoms with Crippen molar-refractivity contribution in [3.05, 3.63) is 96.0 Å². The molecular weight excluding hydrogens is 356 g/mol. The van der Waals surface area contributed by atoms with Gasteiger partial charge in [0, 0.05) is 0 Å². The minimum Gasteiger partial charge on any atom is -0.282 e. The average Bonchev–Trinajstić information content (AvgIpc) is 2.63. The number of halogens is 1. The fourth-order valence-electron chi connectivity index (χ4n) is 2.11. The highest BCUT2D eigenvalue weighted by molar-refractivity contribution is 7.86. The van der Waals surface area contributed by atoms with Crippen molar-refractivity contribution in [2.75, 3.05) is 0 Å². The van der Waals surface area contributed by atoms with Crippen LogP contribution < -0.4 is 0 Å². The van der Waals surface area contributed by atoms with E-state index in [1.807, 2.05) is 12.1 Å². The van der Waals surface area contributed by atoms with Crippen LogP contribution in [0.15, 0.2) is 90.3 Å². The summed E-state index contributed by atoms with van der Waals surface area (Å²) in [5, 5.41) is -0.00639. The predicted molar refractivity (Wildman–Crippen MR) is 103 cm³/mol. The third kappa shape index (κ3) is 5.57. The summed E-state index contributed by atoms with van der Waals surface area (Å²) in [5.41, 5.74) is 3.13. The van der Waals surface area contributed by atoms with Gasteiger partial charge in [-0.25, -0.2) is 0 Å². The Morgan fingerprint density at radius 2 is 1.32 bits per heavy atom. The smallest absolute Gasteiger partial charge is 0.282 e. The molecule has 0 aromatic heterocycles. The lowest BCUT2D eigenvalue weighted by molar-refractivity contribution is 0.483. The Morgan fingerprint density at radius 1 is 0.840 bits per heavy atom. The van der Waals surface area contributed by atoms with E-state index in [2.05, 4.69) is 55.1 Å². The van der Waals surface area contributed by atoms with Gasteiger partial charge in [0.05, 0.1) is 5.02 Å². The summed E-state index contributed by atoms with van der Waals surface area (Å²) in [5.74, 6) is 0. The second-order valence-corrected chi connectivity index (χ2v) is 6.90. The third-order valence-corrected chi connectivity index (χ3v) is 4.69. The molecule has 0 aliphatic rings. The fourth-order valence-corrected chi connectivity index (χ4v) is 3.12. The van der Waals surface area contributed by atoms with E-state index in [9.17, 15) is 8.42 Å². The third-order valence-electron chi connectivity index (χ3n) is 3.35. The first-order valence-electron chi connectivity index (χ1n) is 7.42. The fraction of sp³-hybridized carbons (Fsp3) is 0. The Bertz CT molecular complexity index is 900. The van der Waals surface area contributed by atoms with Crippen molar-refractivity contribution in [2.45, 2.75) is 4.90 Å². The van der Waals surface area contributed by atoms with Crippen LogP contribution in [0.1, 0.15) is 5.56 Å². The van der Waals surface area contributed by atoms with Gasteiger partial charge < -0.3 is 0 Å². The van der Waals surface area contributed by atoms with Crippen LogP contribution in [0.4, 0.5) is 0 Å². The van der Waals surface area contributed by atoms with Crippen molar-refractivity contribution in [1.29, 1.82) is 0 Å². The molecule has 0 spiro atoms. The van der Waals surface area contributed by atoms with Gasteiger partial charge in [-0.1, -0.05) is 91.0 Å². The van der Waals surface area contributed by atoms with E-state index in [0.29, 0.717) is 5.56 Å². The topological polar surface area (TPSA) is 54.4 Å². The first-order chi connectivity index (χ1) is 11.9. The van der Waals surface area contributed by atoms with Crippen LogP contribution in [0.25, 0.3) is 17.2 Å². The van der Waals surface area contributed by atoms with Crippen LogP contribution in [-0.4, -0.2) is 13.0 Å². The molecule has 0 unspecified atom stereocenters. The van der Waals surface area contributed by atoms with E-state index in [1.54, 1.807) is 6.07 Å². The standard InChI is InChI=1S/C12H10.C8H7ClO3S/c1-3-7-11(8-4-1)12-9-5-2-6-10-12;1-2-6-3-4-7(9)8(5-6)13(10,11)12/h1-10H;2-5H,1H2,(H,10,11,12). The zero-order valence-corrected chi connectivity index (χ0v) is 14.9. The van der Waals surface area contributed by atoms with Crippen LogP contribution in [0.5, 0.6) is 0 Å². The summed E-state index contributed by atoms with van der Waals surface area (Å²) in [6, 6.07) is 25.0. The Hall–Kier alpha value is -2.40. The zero-order valence-electron chi connectivity index (χ0n) is 13.3. The minimum absolute atomic E-state index is 0.00639. The summed E-state index contributed by atoms with van der Waals surface area (Å²) in [6.45, 7) is 3.46. The number of hydrogen-bond donors (Lipinski definition) is 1. The number of rotatable bonds is 3. The van der Waals surface area contributed by atoms with Gasteiger partial charge in [0.2, 0.25) is 0 Å². The molecule has 0 saturated heterocycles. The summed E-state index contributed by atoms with van der Waals surface area (Å²) in [4.78, 5) is -0.299. The van der Waals surface area contributed by atoms with Gasteiger partial charge in [0.1, 0.15) is 4.90 Å². The maximum Gasteiger partial charge on any atom is 0.296 e. The van der Waals surface area contributed by atoms with E-state index in [-0.39, 0.29) is 9.92 Å².